The molecule has 2 N–H and O–H groups in total. The van der Waals surface area contributed by atoms with Crippen molar-refractivity contribution in [1.29, 1.82) is 0 Å². The first kappa shape index (κ1) is 19.2. The van der Waals surface area contributed by atoms with E-state index in [9.17, 15) is 10.1 Å². The molecule has 0 saturated heterocycles. The first-order valence-corrected chi connectivity index (χ1v) is 8.29. The number of nitrogens with zero attached hydrogens (tertiary/aromatic N) is 1. The second kappa shape index (κ2) is 9.99. The van der Waals surface area contributed by atoms with E-state index in [1.165, 1.54) is 38.5 Å². The van der Waals surface area contributed by atoms with Crippen LogP contribution in [0.1, 0.15) is 39.5 Å². The number of methoxy groups -OCH3 is 1. The number of unbranched alkanes of at least 4 members (excludes halogenated alkanes) is 1. The number of nitro benzene ring substituents is 1. The largest absolute Gasteiger partial charge is 0.495 e. The van der Waals surface area contributed by atoms with Crippen molar-refractivity contribution in [3.8, 4) is 5.75 Å². The zero-order chi connectivity index (χ0) is 17.2. The minimum atomic E-state index is -0.445. The predicted octanol–water partition coefficient (Wildman–Crippen LogP) is 4.11. The van der Waals surface area contributed by atoms with Crippen LogP contribution in [-0.2, 0) is 0 Å². The van der Waals surface area contributed by atoms with Crippen molar-refractivity contribution in [2.45, 2.75) is 39.5 Å². The summed E-state index contributed by atoms with van der Waals surface area (Å²) in [6.07, 6.45) is 4.65. The molecule has 0 aromatic heterocycles. The number of anilines is 1. The van der Waals surface area contributed by atoms with Crippen molar-refractivity contribution in [3.05, 3.63) is 28.3 Å². The SMILES string of the molecule is CCCC[C@@H](CC)CNC(=S)Nc1cc([N+](=O)[O-])ccc1OC. The fraction of sp³-hybridized carbons (Fsp3) is 0.562. The quantitative estimate of drug-likeness (QED) is 0.401. The van der Waals surface area contributed by atoms with Crippen LogP contribution in [0.25, 0.3) is 0 Å². The summed E-state index contributed by atoms with van der Waals surface area (Å²) in [4.78, 5) is 10.4. The van der Waals surface area contributed by atoms with Crippen LogP contribution in [0.5, 0.6) is 5.75 Å². The summed E-state index contributed by atoms with van der Waals surface area (Å²) >= 11 is 5.28. The minimum absolute atomic E-state index is 0.00881. The van der Waals surface area contributed by atoms with Crippen LogP contribution in [0.4, 0.5) is 11.4 Å². The van der Waals surface area contributed by atoms with E-state index in [1.807, 2.05) is 0 Å². The van der Waals surface area contributed by atoms with Crippen LogP contribution in [-0.4, -0.2) is 23.7 Å². The van der Waals surface area contributed by atoms with Gasteiger partial charge in [-0.15, -0.1) is 0 Å². The van der Waals surface area contributed by atoms with E-state index in [4.69, 9.17) is 17.0 Å². The number of nitrogens with one attached hydrogen (secondary N) is 2. The molecule has 1 atom stereocenters. The van der Waals surface area contributed by atoms with Gasteiger partial charge in [0.1, 0.15) is 5.75 Å². The molecular formula is C16H25N3O3S. The summed E-state index contributed by atoms with van der Waals surface area (Å²) in [5.41, 5.74) is 0.478. The van der Waals surface area contributed by atoms with Gasteiger partial charge in [-0.05, 0) is 30.6 Å². The van der Waals surface area contributed by atoms with E-state index in [0.717, 1.165) is 13.0 Å². The normalized spacial score (nSPS) is 11.6. The van der Waals surface area contributed by atoms with Crippen LogP contribution in [0.15, 0.2) is 18.2 Å². The number of benzene rings is 1. The molecule has 0 spiro atoms. The molecule has 0 saturated carbocycles. The van der Waals surface area contributed by atoms with Gasteiger partial charge in [0.25, 0.3) is 5.69 Å². The lowest BCUT2D eigenvalue weighted by atomic mass is 9.99. The van der Waals surface area contributed by atoms with Gasteiger partial charge >= 0.3 is 0 Å². The molecule has 0 radical (unpaired) electrons. The molecule has 23 heavy (non-hydrogen) atoms. The van der Waals surface area contributed by atoms with Crippen LogP contribution in [0, 0.1) is 16.0 Å². The van der Waals surface area contributed by atoms with Gasteiger partial charge in [-0.25, -0.2) is 0 Å². The number of non-ortho nitro benzene ring substituents is 1. The van der Waals surface area contributed by atoms with Crippen LogP contribution < -0.4 is 15.4 Å². The summed E-state index contributed by atoms with van der Waals surface area (Å²) in [5.74, 6) is 1.08. The minimum Gasteiger partial charge on any atom is -0.495 e. The number of thiocarbonyl (C=S) groups is 1. The highest BCUT2D eigenvalue weighted by Gasteiger charge is 2.13. The van der Waals surface area contributed by atoms with Crippen LogP contribution in [0.3, 0.4) is 0 Å². The Morgan fingerprint density at radius 1 is 1.43 bits per heavy atom. The molecule has 0 bridgehead atoms. The second-order valence-corrected chi connectivity index (χ2v) is 5.80. The van der Waals surface area contributed by atoms with Crippen molar-refractivity contribution in [3.63, 3.8) is 0 Å². The van der Waals surface area contributed by atoms with Gasteiger partial charge in [0, 0.05) is 18.7 Å². The molecule has 0 amide bonds. The molecule has 1 aromatic rings. The summed E-state index contributed by atoms with van der Waals surface area (Å²) in [7, 11) is 1.51. The number of nitro groups is 1. The van der Waals surface area contributed by atoms with Crippen LogP contribution in [0.2, 0.25) is 0 Å². The summed E-state index contributed by atoms with van der Waals surface area (Å²) in [6.45, 7) is 5.14. The lowest BCUT2D eigenvalue weighted by Gasteiger charge is -2.18. The molecule has 128 valence electrons. The molecular weight excluding hydrogens is 314 g/mol. The third-order valence-electron chi connectivity index (χ3n) is 3.74. The molecule has 0 aliphatic rings. The monoisotopic (exact) mass is 339 g/mol. The molecule has 7 heteroatoms. The highest BCUT2D eigenvalue weighted by Crippen LogP contribution is 2.28. The van der Waals surface area contributed by atoms with Gasteiger partial charge in [0.05, 0.1) is 17.7 Å². The van der Waals surface area contributed by atoms with Gasteiger partial charge in [-0.3, -0.25) is 10.1 Å². The van der Waals surface area contributed by atoms with E-state index in [2.05, 4.69) is 24.5 Å². The number of hydrogen-bond donors (Lipinski definition) is 2. The topological polar surface area (TPSA) is 76.4 Å². The third-order valence-corrected chi connectivity index (χ3v) is 3.98. The third kappa shape index (κ3) is 6.40. The van der Waals surface area contributed by atoms with Crippen molar-refractivity contribution < 1.29 is 9.66 Å². The molecule has 1 aromatic carbocycles. The molecule has 0 aliphatic carbocycles. The molecule has 0 aliphatic heterocycles. The Labute approximate surface area is 142 Å². The molecule has 0 fully saturated rings. The predicted molar refractivity (Wildman–Crippen MR) is 97.2 cm³/mol. The van der Waals surface area contributed by atoms with E-state index >= 15 is 0 Å². The Bertz CT molecular complexity index is 537. The first-order chi connectivity index (χ1) is 11.0. The lowest BCUT2D eigenvalue weighted by molar-refractivity contribution is -0.384. The van der Waals surface area contributed by atoms with Crippen molar-refractivity contribution in [1.82, 2.24) is 5.32 Å². The summed E-state index contributed by atoms with van der Waals surface area (Å²) < 4.78 is 5.21. The van der Waals surface area contributed by atoms with Gasteiger partial charge in [-0.1, -0.05) is 33.1 Å². The summed E-state index contributed by atoms with van der Waals surface area (Å²) in [6, 6.07) is 4.37. The number of rotatable bonds is 9. The van der Waals surface area contributed by atoms with Crippen molar-refractivity contribution in [2.75, 3.05) is 19.0 Å². The molecule has 1 rings (SSSR count). The highest BCUT2D eigenvalue weighted by atomic mass is 32.1. The van der Waals surface area contributed by atoms with Gasteiger partial charge in [-0.2, -0.15) is 0 Å². The Morgan fingerprint density at radius 2 is 2.17 bits per heavy atom. The molecule has 0 unspecified atom stereocenters. The van der Waals surface area contributed by atoms with Gasteiger partial charge < -0.3 is 15.4 Å². The average Bonchev–Trinajstić information content (AvgIpc) is 2.54. The van der Waals surface area contributed by atoms with Crippen molar-refractivity contribution in [2.24, 2.45) is 5.92 Å². The number of hydrogen-bond acceptors (Lipinski definition) is 4. The van der Waals surface area contributed by atoms with Crippen LogP contribution >= 0.6 is 12.2 Å². The zero-order valence-corrected chi connectivity index (χ0v) is 14.7. The second-order valence-electron chi connectivity index (χ2n) is 5.39. The fourth-order valence-electron chi connectivity index (χ4n) is 2.25. The van der Waals surface area contributed by atoms with Crippen molar-refractivity contribution >= 4 is 28.7 Å². The average molecular weight is 339 g/mol. The lowest BCUT2D eigenvalue weighted by Crippen LogP contribution is -2.32. The Balaban J connectivity index is 2.65. The Morgan fingerprint density at radius 3 is 2.74 bits per heavy atom. The smallest absolute Gasteiger partial charge is 0.271 e. The maximum absolute atomic E-state index is 10.9. The first-order valence-electron chi connectivity index (χ1n) is 7.89. The Kier molecular flexibility index (Phi) is 8.32. The maximum atomic E-state index is 10.9. The van der Waals surface area contributed by atoms with E-state index in [0.29, 0.717) is 22.5 Å². The van der Waals surface area contributed by atoms with E-state index in [1.54, 1.807) is 6.07 Å². The molecule has 0 heterocycles. The maximum Gasteiger partial charge on any atom is 0.271 e. The zero-order valence-electron chi connectivity index (χ0n) is 13.9. The van der Waals surface area contributed by atoms with E-state index < -0.39 is 4.92 Å². The standard InChI is InChI=1S/C16H25N3O3S/c1-4-6-7-12(5-2)11-17-16(23)18-14-10-13(19(20)21)8-9-15(14)22-3/h8-10,12H,4-7,11H2,1-3H3,(H2,17,18,23)/t12-/m1/s1. The Hall–Kier alpha value is -1.89. The highest BCUT2D eigenvalue weighted by molar-refractivity contribution is 7.80. The van der Waals surface area contributed by atoms with Gasteiger partial charge in [0.15, 0.2) is 5.11 Å². The van der Waals surface area contributed by atoms with Gasteiger partial charge in [0.2, 0.25) is 0 Å². The van der Waals surface area contributed by atoms with E-state index in [-0.39, 0.29) is 5.69 Å². The molecule has 6 nitrogen and oxygen atoms in total. The summed E-state index contributed by atoms with van der Waals surface area (Å²) in [5, 5.41) is 17.5. The number of ether oxygens (including phenoxy) is 1. The fourth-order valence-corrected chi connectivity index (χ4v) is 2.45.